The van der Waals surface area contributed by atoms with E-state index in [1.54, 1.807) is 18.2 Å². The molecule has 0 unspecified atom stereocenters. The highest BCUT2D eigenvalue weighted by atomic mass is 16.6. The number of phenolic OH excluding ortho intramolecular Hbond substituents is 1. The van der Waals surface area contributed by atoms with Crippen LogP contribution in [0.25, 0.3) is 0 Å². The van der Waals surface area contributed by atoms with Gasteiger partial charge >= 0.3 is 0 Å². The first-order valence-electron chi connectivity index (χ1n) is 3.59. The van der Waals surface area contributed by atoms with Crippen molar-refractivity contribution < 1.29 is 10.0 Å². The summed E-state index contributed by atoms with van der Waals surface area (Å²) in [4.78, 5) is 9.61. The maximum absolute atomic E-state index is 10.0. The van der Waals surface area contributed by atoms with Crippen molar-refractivity contribution in [1.82, 2.24) is 0 Å². The second-order valence-electron chi connectivity index (χ2n) is 2.44. The molecule has 0 fully saturated rings. The van der Waals surface area contributed by atoms with Crippen LogP contribution in [0, 0.1) is 10.1 Å². The van der Waals surface area contributed by atoms with Gasteiger partial charge in [0.2, 0.25) is 6.54 Å². The summed E-state index contributed by atoms with van der Waals surface area (Å²) in [7, 11) is 0. The van der Waals surface area contributed by atoms with Gasteiger partial charge in [0.05, 0.1) is 0 Å². The topological polar surface area (TPSA) is 63.4 Å². The van der Waals surface area contributed by atoms with Gasteiger partial charge in [-0.25, -0.2) is 0 Å². The van der Waals surface area contributed by atoms with Crippen LogP contribution in [-0.2, 0) is 6.42 Å². The van der Waals surface area contributed by atoms with E-state index in [0.29, 0.717) is 5.56 Å². The number of phenols is 1. The third-order valence-electron chi connectivity index (χ3n) is 1.56. The number of nitrogens with zero attached hydrogens (tertiary/aromatic N) is 1. The summed E-state index contributed by atoms with van der Waals surface area (Å²) in [5.41, 5.74) is 0.620. The van der Waals surface area contributed by atoms with E-state index < -0.39 is 4.92 Å². The SMILES string of the molecule is O=[N+]([O-])CCc1ccccc1O. The van der Waals surface area contributed by atoms with Crippen LogP contribution in [0.4, 0.5) is 0 Å². The zero-order valence-corrected chi connectivity index (χ0v) is 6.43. The van der Waals surface area contributed by atoms with Gasteiger partial charge < -0.3 is 5.11 Å². The summed E-state index contributed by atoms with van der Waals surface area (Å²) in [6.07, 6.45) is 0.277. The molecule has 4 heteroatoms. The van der Waals surface area contributed by atoms with Gasteiger partial charge in [-0.2, -0.15) is 0 Å². The minimum atomic E-state index is -0.396. The molecule has 0 aliphatic rings. The van der Waals surface area contributed by atoms with Crippen LogP contribution in [0.15, 0.2) is 24.3 Å². The number of nitro groups is 1. The van der Waals surface area contributed by atoms with Gasteiger partial charge in [0.15, 0.2) is 0 Å². The Morgan fingerprint density at radius 2 is 2.08 bits per heavy atom. The monoisotopic (exact) mass is 167 g/mol. The van der Waals surface area contributed by atoms with E-state index in [4.69, 9.17) is 0 Å². The Balaban J connectivity index is 2.63. The number of rotatable bonds is 3. The quantitative estimate of drug-likeness (QED) is 0.543. The van der Waals surface area contributed by atoms with Gasteiger partial charge in [-0.05, 0) is 6.07 Å². The van der Waals surface area contributed by atoms with Crippen LogP contribution in [-0.4, -0.2) is 16.6 Å². The molecule has 1 aromatic rings. The zero-order chi connectivity index (χ0) is 8.97. The summed E-state index contributed by atoms with van der Waals surface area (Å²) in [6, 6.07) is 6.63. The molecule has 0 aromatic heterocycles. The summed E-state index contributed by atoms with van der Waals surface area (Å²) < 4.78 is 0. The Bertz CT molecular complexity index is 285. The second kappa shape index (κ2) is 3.71. The second-order valence-corrected chi connectivity index (χ2v) is 2.44. The van der Waals surface area contributed by atoms with E-state index >= 15 is 0 Å². The normalized spacial score (nSPS) is 9.67. The van der Waals surface area contributed by atoms with E-state index in [9.17, 15) is 15.2 Å². The third kappa shape index (κ3) is 2.23. The minimum Gasteiger partial charge on any atom is -0.508 e. The van der Waals surface area contributed by atoms with Crippen LogP contribution >= 0.6 is 0 Å². The summed E-state index contributed by atoms with van der Waals surface area (Å²) in [5.74, 6) is 0.124. The molecule has 0 aliphatic heterocycles. The van der Waals surface area contributed by atoms with Crippen LogP contribution < -0.4 is 0 Å². The van der Waals surface area contributed by atoms with Gasteiger partial charge in [-0.3, -0.25) is 10.1 Å². The Hall–Kier alpha value is -1.58. The van der Waals surface area contributed by atoms with Crippen molar-refractivity contribution in [2.75, 3.05) is 6.54 Å². The lowest BCUT2D eigenvalue weighted by Crippen LogP contribution is -2.03. The molecule has 64 valence electrons. The molecule has 0 saturated carbocycles. The zero-order valence-electron chi connectivity index (χ0n) is 6.43. The van der Waals surface area contributed by atoms with Crippen molar-refractivity contribution in [3.8, 4) is 5.75 Å². The number of hydrogen-bond acceptors (Lipinski definition) is 3. The first-order valence-corrected chi connectivity index (χ1v) is 3.59. The molecule has 1 rings (SSSR count). The van der Waals surface area contributed by atoms with Crippen molar-refractivity contribution in [3.05, 3.63) is 39.9 Å². The fourth-order valence-corrected chi connectivity index (χ4v) is 0.934. The summed E-state index contributed by atoms with van der Waals surface area (Å²) in [6.45, 7) is -0.141. The average Bonchev–Trinajstić information content (AvgIpc) is 2.03. The Kier molecular flexibility index (Phi) is 2.63. The van der Waals surface area contributed by atoms with E-state index in [0.717, 1.165) is 0 Å². The number of benzene rings is 1. The van der Waals surface area contributed by atoms with Gasteiger partial charge in [-0.1, -0.05) is 18.2 Å². The van der Waals surface area contributed by atoms with Crippen molar-refractivity contribution >= 4 is 0 Å². The lowest BCUT2D eigenvalue weighted by molar-refractivity contribution is -0.479. The van der Waals surface area contributed by atoms with Crippen molar-refractivity contribution in [2.24, 2.45) is 0 Å². The maximum atomic E-state index is 10.0. The van der Waals surface area contributed by atoms with Crippen LogP contribution in [0.5, 0.6) is 5.75 Å². The average molecular weight is 167 g/mol. The molecule has 0 bridgehead atoms. The fourth-order valence-electron chi connectivity index (χ4n) is 0.934. The van der Waals surface area contributed by atoms with E-state index in [1.807, 2.05) is 0 Å². The molecule has 0 aliphatic carbocycles. The molecule has 0 saturated heterocycles. The highest BCUT2D eigenvalue weighted by Crippen LogP contribution is 2.15. The highest BCUT2D eigenvalue weighted by molar-refractivity contribution is 5.31. The lowest BCUT2D eigenvalue weighted by atomic mass is 10.1. The Labute approximate surface area is 69.6 Å². The molecule has 0 amide bonds. The Morgan fingerprint density at radius 1 is 1.42 bits per heavy atom. The first-order chi connectivity index (χ1) is 5.70. The predicted molar refractivity (Wildman–Crippen MR) is 43.7 cm³/mol. The van der Waals surface area contributed by atoms with Crippen LogP contribution in [0.3, 0.4) is 0 Å². The third-order valence-corrected chi connectivity index (χ3v) is 1.56. The largest absolute Gasteiger partial charge is 0.508 e. The number of para-hydroxylation sites is 1. The summed E-state index contributed by atoms with van der Waals surface area (Å²) >= 11 is 0. The van der Waals surface area contributed by atoms with Crippen LogP contribution in [0.1, 0.15) is 5.56 Å². The molecule has 4 nitrogen and oxygen atoms in total. The number of hydrogen-bond donors (Lipinski definition) is 1. The molecule has 0 atom stereocenters. The number of aromatic hydroxyl groups is 1. The molecular weight excluding hydrogens is 158 g/mol. The van der Waals surface area contributed by atoms with Crippen LogP contribution in [0.2, 0.25) is 0 Å². The lowest BCUT2D eigenvalue weighted by Gasteiger charge is -1.99. The summed E-state index contributed by atoms with van der Waals surface area (Å²) in [5, 5.41) is 19.2. The molecule has 0 spiro atoms. The van der Waals surface area contributed by atoms with Gasteiger partial charge in [-0.15, -0.1) is 0 Å². The van der Waals surface area contributed by atoms with E-state index in [-0.39, 0.29) is 18.7 Å². The van der Waals surface area contributed by atoms with Crippen molar-refractivity contribution in [2.45, 2.75) is 6.42 Å². The first kappa shape index (κ1) is 8.52. The standard InChI is InChI=1S/C8H9NO3/c10-8-4-2-1-3-7(8)5-6-9(11)12/h1-4,10H,5-6H2. The molecule has 0 radical (unpaired) electrons. The van der Waals surface area contributed by atoms with E-state index in [1.165, 1.54) is 6.07 Å². The predicted octanol–water partition coefficient (Wildman–Crippen LogP) is 1.21. The molecule has 0 heterocycles. The van der Waals surface area contributed by atoms with Gasteiger partial charge in [0.1, 0.15) is 5.75 Å². The maximum Gasteiger partial charge on any atom is 0.208 e. The molecule has 1 aromatic carbocycles. The van der Waals surface area contributed by atoms with Gasteiger partial charge in [0.25, 0.3) is 0 Å². The van der Waals surface area contributed by atoms with Crippen molar-refractivity contribution in [3.63, 3.8) is 0 Å². The fraction of sp³-hybridized carbons (Fsp3) is 0.250. The highest BCUT2D eigenvalue weighted by Gasteiger charge is 2.03. The van der Waals surface area contributed by atoms with E-state index in [2.05, 4.69) is 0 Å². The van der Waals surface area contributed by atoms with Gasteiger partial charge in [0, 0.05) is 16.9 Å². The molecule has 1 N–H and O–H groups in total. The van der Waals surface area contributed by atoms with Crippen molar-refractivity contribution in [1.29, 1.82) is 0 Å². The Morgan fingerprint density at radius 3 is 2.67 bits per heavy atom. The molecular formula is C8H9NO3. The molecule has 12 heavy (non-hydrogen) atoms. The smallest absolute Gasteiger partial charge is 0.208 e. The minimum absolute atomic E-state index is 0.124.